The van der Waals surface area contributed by atoms with Gasteiger partial charge in [-0.25, -0.2) is 4.98 Å². The molecule has 0 spiro atoms. The molecule has 92 valence electrons. The van der Waals surface area contributed by atoms with Gasteiger partial charge in [0.05, 0.1) is 0 Å². The summed E-state index contributed by atoms with van der Waals surface area (Å²) in [6.07, 6.45) is 9.74. The van der Waals surface area contributed by atoms with Crippen molar-refractivity contribution in [3.8, 4) is 0 Å². The lowest BCUT2D eigenvalue weighted by molar-refractivity contribution is 0.0859. The molecule has 0 aromatic carbocycles. The summed E-state index contributed by atoms with van der Waals surface area (Å²) < 4.78 is 2.02. The van der Waals surface area contributed by atoms with Crippen molar-refractivity contribution in [2.75, 3.05) is 0 Å². The summed E-state index contributed by atoms with van der Waals surface area (Å²) in [4.78, 5) is 16.8. The number of hydrogen-bond donors (Lipinski definition) is 0. The number of aromatic nitrogens is 2. The Morgan fingerprint density at radius 1 is 1.47 bits per heavy atom. The zero-order valence-electron chi connectivity index (χ0n) is 10.4. The molecule has 2 aliphatic carbocycles. The van der Waals surface area contributed by atoms with Crippen LogP contribution in [0.4, 0.5) is 0 Å². The fourth-order valence-electron chi connectivity index (χ4n) is 3.69. The highest BCUT2D eigenvalue weighted by molar-refractivity contribution is 5.95. The molecular formula is C14H20N2O. The topological polar surface area (TPSA) is 34.9 Å². The van der Waals surface area contributed by atoms with Crippen LogP contribution < -0.4 is 0 Å². The summed E-state index contributed by atoms with van der Waals surface area (Å²) in [5.74, 6) is 2.75. The molecule has 0 radical (unpaired) electrons. The first kappa shape index (κ1) is 11.0. The Balaban J connectivity index is 1.79. The van der Waals surface area contributed by atoms with Gasteiger partial charge in [0.2, 0.25) is 5.78 Å². The Morgan fingerprint density at radius 2 is 2.35 bits per heavy atom. The van der Waals surface area contributed by atoms with Gasteiger partial charge in [0.15, 0.2) is 5.82 Å². The lowest BCUT2D eigenvalue weighted by Gasteiger charge is -2.20. The number of carbonyl (C=O) groups is 1. The molecule has 1 heterocycles. The van der Waals surface area contributed by atoms with Crippen LogP contribution in [0.5, 0.6) is 0 Å². The third-order valence-electron chi connectivity index (χ3n) is 4.48. The van der Waals surface area contributed by atoms with E-state index in [1.807, 2.05) is 10.8 Å². The van der Waals surface area contributed by atoms with Crippen LogP contribution in [0.15, 0.2) is 12.4 Å². The smallest absolute Gasteiger partial charge is 0.201 e. The van der Waals surface area contributed by atoms with Crippen molar-refractivity contribution in [1.29, 1.82) is 0 Å². The summed E-state index contributed by atoms with van der Waals surface area (Å²) in [5, 5.41) is 0. The average molecular weight is 232 g/mol. The molecule has 0 N–H and O–H groups in total. The van der Waals surface area contributed by atoms with Gasteiger partial charge >= 0.3 is 0 Å². The fraction of sp³-hybridized carbons (Fsp3) is 0.714. The first-order chi connectivity index (χ1) is 8.29. The molecule has 1 aromatic heterocycles. The molecule has 17 heavy (non-hydrogen) atoms. The van der Waals surface area contributed by atoms with Gasteiger partial charge in [-0.05, 0) is 37.5 Å². The minimum absolute atomic E-state index is 0.270. The monoisotopic (exact) mass is 232 g/mol. The maximum Gasteiger partial charge on any atom is 0.201 e. The van der Waals surface area contributed by atoms with Crippen LogP contribution in [0, 0.1) is 17.8 Å². The molecule has 2 aliphatic rings. The first-order valence-corrected chi connectivity index (χ1v) is 6.85. The molecule has 0 aliphatic heterocycles. The zero-order chi connectivity index (χ0) is 11.8. The van der Waals surface area contributed by atoms with E-state index < -0.39 is 0 Å². The summed E-state index contributed by atoms with van der Waals surface area (Å²) >= 11 is 0. The van der Waals surface area contributed by atoms with Gasteiger partial charge < -0.3 is 4.57 Å². The van der Waals surface area contributed by atoms with E-state index in [4.69, 9.17) is 0 Å². The average Bonchev–Trinajstić information content (AvgIpc) is 3.03. The van der Waals surface area contributed by atoms with Crippen molar-refractivity contribution < 1.29 is 4.79 Å². The van der Waals surface area contributed by atoms with E-state index in [-0.39, 0.29) is 5.92 Å². The number of hydrogen-bond acceptors (Lipinski definition) is 2. The number of imidazole rings is 1. The van der Waals surface area contributed by atoms with E-state index in [0.717, 1.165) is 25.3 Å². The van der Waals surface area contributed by atoms with Gasteiger partial charge in [0.25, 0.3) is 0 Å². The van der Waals surface area contributed by atoms with E-state index in [1.54, 1.807) is 6.20 Å². The van der Waals surface area contributed by atoms with Crippen LogP contribution in [-0.4, -0.2) is 15.3 Å². The molecule has 3 unspecified atom stereocenters. The molecular weight excluding hydrogens is 212 g/mol. The van der Waals surface area contributed by atoms with Crippen molar-refractivity contribution in [3.05, 3.63) is 18.2 Å². The Hall–Kier alpha value is -1.12. The van der Waals surface area contributed by atoms with Crippen LogP contribution >= 0.6 is 0 Å². The van der Waals surface area contributed by atoms with Crippen molar-refractivity contribution >= 4 is 5.78 Å². The van der Waals surface area contributed by atoms with Gasteiger partial charge in [-0.1, -0.05) is 13.3 Å². The molecule has 1 aromatic rings. The number of aryl methyl sites for hydroxylation is 1. The molecule has 2 saturated carbocycles. The molecule has 3 rings (SSSR count). The van der Waals surface area contributed by atoms with Crippen molar-refractivity contribution in [2.24, 2.45) is 17.8 Å². The highest BCUT2D eigenvalue weighted by Gasteiger charge is 2.44. The van der Waals surface area contributed by atoms with Crippen LogP contribution in [0.2, 0.25) is 0 Å². The second kappa shape index (κ2) is 4.28. The number of nitrogens with zero attached hydrogens (tertiary/aromatic N) is 2. The van der Waals surface area contributed by atoms with Crippen LogP contribution in [0.25, 0.3) is 0 Å². The van der Waals surface area contributed by atoms with Crippen molar-refractivity contribution in [2.45, 2.75) is 45.6 Å². The predicted octanol–water partition coefficient (Wildman–Crippen LogP) is 2.91. The second-order valence-electron chi connectivity index (χ2n) is 5.59. The summed E-state index contributed by atoms with van der Waals surface area (Å²) in [5.41, 5.74) is 0. The lowest BCUT2D eigenvalue weighted by Crippen LogP contribution is -2.24. The Bertz CT molecular complexity index is 424. The fourth-order valence-corrected chi connectivity index (χ4v) is 3.69. The zero-order valence-corrected chi connectivity index (χ0v) is 10.4. The number of rotatable bonds is 4. The molecule has 3 heteroatoms. The summed E-state index contributed by atoms with van der Waals surface area (Å²) in [6.45, 7) is 3.04. The maximum absolute atomic E-state index is 12.5. The summed E-state index contributed by atoms with van der Waals surface area (Å²) in [6, 6.07) is 0. The van der Waals surface area contributed by atoms with E-state index in [0.29, 0.717) is 17.5 Å². The Kier molecular flexibility index (Phi) is 2.77. The van der Waals surface area contributed by atoms with E-state index in [2.05, 4.69) is 11.9 Å². The summed E-state index contributed by atoms with van der Waals surface area (Å²) in [7, 11) is 0. The third kappa shape index (κ3) is 1.81. The van der Waals surface area contributed by atoms with Crippen molar-refractivity contribution in [3.63, 3.8) is 0 Å². The molecule has 2 bridgehead atoms. The van der Waals surface area contributed by atoms with Gasteiger partial charge in [-0.15, -0.1) is 0 Å². The minimum Gasteiger partial charge on any atom is -0.329 e. The number of ketones is 1. The molecule has 3 nitrogen and oxygen atoms in total. The highest BCUT2D eigenvalue weighted by Crippen LogP contribution is 2.49. The predicted molar refractivity (Wildman–Crippen MR) is 65.8 cm³/mol. The molecule has 3 atom stereocenters. The van der Waals surface area contributed by atoms with Crippen LogP contribution in [0.1, 0.15) is 49.6 Å². The second-order valence-corrected chi connectivity index (χ2v) is 5.59. The first-order valence-electron chi connectivity index (χ1n) is 6.85. The molecule has 2 fully saturated rings. The largest absolute Gasteiger partial charge is 0.329 e. The van der Waals surface area contributed by atoms with E-state index in [1.165, 1.54) is 19.3 Å². The van der Waals surface area contributed by atoms with Crippen LogP contribution in [-0.2, 0) is 6.54 Å². The molecule has 0 saturated heterocycles. The van der Waals surface area contributed by atoms with Gasteiger partial charge in [-0.2, -0.15) is 0 Å². The minimum atomic E-state index is 0.270. The van der Waals surface area contributed by atoms with Crippen LogP contribution in [0.3, 0.4) is 0 Å². The quantitative estimate of drug-likeness (QED) is 0.748. The van der Waals surface area contributed by atoms with Gasteiger partial charge in [-0.3, -0.25) is 4.79 Å². The number of fused-ring (bicyclic) bond motifs is 2. The van der Waals surface area contributed by atoms with E-state index >= 15 is 0 Å². The van der Waals surface area contributed by atoms with Gasteiger partial charge in [0, 0.05) is 24.9 Å². The SMILES string of the molecule is CCCn1ccnc1C(=O)C1CC2CCC1C2. The highest BCUT2D eigenvalue weighted by atomic mass is 16.1. The normalized spacial score (nSPS) is 31.0. The lowest BCUT2D eigenvalue weighted by atomic mass is 9.85. The number of carbonyl (C=O) groups excluding carboxylic acids is 1. The Morgan fingerprint density at radius 3 is 3.00 bits per heavy atom. The third-order valence-corrected chi connectivity index (χ3v) is 4.48. The van der Waals surface area contributed by atoms with E-state index in [9.17, 15) is 4.79 Å². The standard InChI is InChI=1S/C14H20N2O/c1-2-6-16-7-5-15-14(16)13(17)12-9-10-3-4-11(12)8-10/h5,7,10-12H,2-4,6,8-9H2,1H3. The molecule has 0 amide bonds. The van der Waals surface area contributed by atoms with Gasteiger partial charge in [0.1, 0.15) is 0 Å². The Labute approximate surface area is 102 Å². The maximum atomic E-state index is 12.5. The van der Waals surface area contributed by atoms with Crippen molar-refractivity contribution in [1.82, 2.24) is 9.55 Å². The number of Topliss-reactive ketones (excluding diaryl/α,β-unsaturated/α-hetero) is 1.